The summed E-state index contributed by atoms with van der Waals surface area (Å²) in [6.07, 6.45) is 5.73. The first-order valence-electron chi connectivity index (χ1n) is 13.0. The second-order valence-corrected chi connectivity index (χ2v) is 11.7. The molecular formula is C33H33I2NO. The van der Waals surface area contributed by atoms with Gasteiger partial charge in [0, 0.05) is 20.9 Å². The Hall–Kier alpha value is -2.19. The number of hydrogen-bond acceptors (Lipinski definition) is 2. The van der Waals surface area contributed by atoms with Crippen molar-refractivity contribution in [3.05, 3.63) is 102 Å². The van der Waals surface area contributed by atoms with Gasteiger partial charge in [0.05, 0.1) is 9.26 Å². The summed E-state index contributed by atoms with van der Waals surface area (Å²) in [5.74, 6) is 0.277. The topological polar surface area (TPSA) is 32.6 Å². The van der Waals surface area contributed by atoms with Gasteiger partial charge in [0.15, 0.2) is 0 Å². The van der Waals surface area contributed by atoms with Crippen molar-refractivity contribution in [3.63, 3.8) is 0 Å². The highest BCUT2D eigenvalue weighted by Crippen LogP contribution is 2.38. The molecule has 4 heteroatoms. The van der Waals surface area contributed by atoms with E-state index in [1.54, 1.807) is 0 Å². The van der Waals surface area contributed by atoms with Crippen molar-refractivity contribution in [2.75, 3.05) is 0 Å². The second kappa shape index (κ2) is 12.6. The molecule has 0 aliphatic rings. The lowest BCUT2D eigenvalue weighted by Crippen LogP contribution is -1.94. The predicted octanol–water partition coefficient (Wildman–Crippen LogP) is 9.94. The number of phenolic OH excluding ortho intramolecular Hbond substituents is 1. The Bertz CT molecular complexity index is 1430. The smallest absolute Gasteiger partial charge is 0.137 e. The Labute approximate surface area is 248 Å². The Morgan fingerprint density at radius 3 is 2.00 bits per heavy atom. The van der Waals surface area contributed by atoms with Crippen LogP contribution in [-0.2, 0) is 25.7 Å². The van der Waals surface area contributed by atoms with Gasteiger partial charge in [-0.25, -0.2) is 0 Å². The van der Waals surface area contributed by atoms with Crippen molar-refractivity contribution in [2.45, 2.75) is 53.4 Å². The number of halogens is 2. The van der Waals surface area contributed by atoms with E-state index in [4.69, 9.17) is 4.99 Å². The summed E-state index contributed by atoms with van der Waals surface area (Å²) in [5.41, 5.74) is 11.8. The molecule has 0 saturated carbocycles. The van der Waals surface area contributed by atoms with E-state index in [2.05, 4.69) is 127 Å². The molecule has 4 rings (SSSR count). The molecule has 190 valence electrons. The van der Waals surface area contributed by atoms with Crippen LogP contribution in [0.1, 0.15) is 55.5 Å². The molecule has 4 aromatic rings. The van der Waals surface area contributed by atoms with Crippen LogP contribution in [-0.4, -0.2) is 11.3 Å². The fourth-order valence-corrected chi connectivity index (χ4v) is 6.52. The van der Waals surface area contributed by atoms with Crippen molar-refractivity contribution in [1.82, 2.24) is 0 Å². The number of nitrogens with zero attached hydrogens (tertiary/aromatic N) is 1. The van der Waals surface area contributed by atoms with E-state index >= 15 is 0 Å². The zero-order valence-electron chi connectivity index (χ0n) is 21.9. The van der Waals surface area contributed by atoms with E-state index in [9.17, 15) is 5.11 Å². The zero-order chi connectivity index (χ0) is 26.5. The van der Waals surface area contributed by atoms with Crippen molar-refractivity contribution < 1.29 is 5.11 Å². The largest absolute Gasteiger partial charge is 0.506 e. The maximum atomic E-state index is 10.6. The van der Waals surface area contributed by atoms with Crippen LogP contribution >= 0.6 is 45.2 Å². The zero-order valence-corrected chi connectivity index (χ0v) is 26.2. The molecule has 0 fully saturated rings. The van der Waals surface area contributed by atoms with Gasteiger partial charge in [-0.3, -0.25) is 4.99 Å². The Morgan fingerprint density at radius 1 is 0.703 bits per heavy atom. The quantitative estimate of drug-likeness (QED) is 0.143. The summed E-state index contributed by atoms with van der Waals surface area (Å²) in [6, 6.07) is 24.3. The molecule has 0 heterocycles. The van der Waals surface area contributed by atoms with Crippen LogP contribution in [0, 0.1) is 7.14 Å². The number of hydrogen-bond donors (Lipinski definition) is 1. The SMILES string of the molecule is CCc1cc(CC)cc(-c2cccc(-c3cc(CC)cc(CC)c3N=Cc3cc(I)cc(I)c3O)c2)c1. The fraction of sp³-hybridized carbons (Fsp3) is 0.242. The lowest BCUT2D eigenvalue weighted by atomic mass is 9.92. The van der Waals surface area contributed by atoms with Crippen LogP contribution in [0.2, 0.25) is 0 Å². The molecule has 4 aromatic carbocycles. The molecule has 0 bridgehead atoms. The van der Waals surface area contributed by atoms with Crippen LogP contribution in [0.4, 0.5) is 5.69 Å². The lowest BCUT2D eigenvalue weighted by molar-refractivity contribution is 0.470. The molecule has 0 aliphatic carbocycles. The number of aromatic hydroxyl groups is 1. The normalized spacial score (nSPS) is 11.4. The monoisotopic (exact) mass is 713 g/mol. The summed E-state index contributed by atoms with van der Waals surface area (Å²) >= 11 is 4.45. The first-order valence-corrected chi connectivity index (χ1v) is 15.1. The van der Waals surface area contributed by atoms with Gasteiger partial charge in [0.25, 0.3) is 0 Å². The van der Waals surface area contributed by atoms with Gasteiger partial charge in [-0.2, -0.15) is 0 Å². The molecule has 37 heavy (non-hydrogen) atoms. The Kier molecular flexibility index (Phi) is 9.46. The maximum absolute atomic E-state index is 10.6. The third-order valence-electron chi connectivity index (χ3n) is 6.80. The standard InChI is InChI=1S/C33H33I2NO/c1-5-21-12-22(6-2)15-27(14-21)25-10-9-11-26(17-25)30-16-23(7-3)13-24(8-4)32(30)36-20-28-18-29(34)19-31(35)33(28)37/h9-20,37H,5-8H2,1-4H3. The van der Waals surface area contributed by atoms with Crippen LogP contribution < -0.4 is 0 Å². The third-order valence-corrected chi connectivity index (χ3v) is 8.25. The van der Waals surface area contributed by atoms with Crippen LogP contribution in [0.3, 0.4) is 0 Å². The first-order chi connectivity index (χ1) is 17.9. The Balaban J connectivity index is 1.87. The van der Waals surface area contributed by atoms with Gasteiger partial charge in [-0.05, 0) is 134 Å². The summed E-state index contributed by atoms with van der Waals surface area (Å²) in [5, 5.41) is 10.6. The molecule has 0 aliphatic heterocycles. The molecule has 0 spiro atoms. The van der Waals surface area contributed by atoms with Crippen molar-refractivity contribution in [3.8, 4) is 28.0 Å². The number of aliphatic imine (C=N–C) groups is 1. The van der Waals surface area contributed by atoms with Gasteiger partial charge in [0.1, 0.15) is 5.75 Å². The predicted molar refractivity (Wildman–Crippen MR) is 176 cm³/mol. The van der Waals surface area contributed by atoms with Gasteiger partial charge >= 0.3 is 0 Å². The molecule has 0 unspecified atom stereocenters. The fourth-order valence-electron chi connectivity index (χ4n) is 4.63. The van der Waals surface area contributed by atoms with Crippen LogP contribution in [0.25, 0.3) is 22.3 Å². The van der Waals surface area contributed by atoms with Gasteiger partial charge in [0.2, 0.25) is 0 Å². The van der Waals surface area contributed by atoms with Crippen molar-refractivity contribution in [2.24, 2.45) is 4.99 Å². The molecule has 0 radical (unpaired) electrons. The summed E-state index contributed by atoms with van der Waals surface area (Å²) in [6.45, 7) is 8.82. The van der Waals surface area contributed by atoms with E-state index in [-0.39, 0.29) is 5.75 Å². The van der Waals surface area contributed by atoms with Crippen LogP contribution in [0.5, 0.6) is 5.75 Å². The molecule has 0 aromatic heterocycles. The molecule has 2 nitrogen and oxygen atoms in total. The average Bonchev–Trinajstić information content (AvgIpc) is 2.93. The first kappa shape index (κ1) is 27.8. The van der Waals surface area contributed by atoms with Crippen molar-refractivity contribution in [1.29, 1.82) is 0 Å². The average molecular weight is 713 g/mol. The van der Waals surface area contributed by atoms with E-state index < -0.39 is 0 Å². The minimum atomic E-state index is 0.277. The molecule has 0 saturated heterocycles. The van der Waals surface area contributed by atoms with Gasteiger partial charge in [-0.1, -0.05) is 70.2 Å². The molecule has 0 atom stereocenters. The highest BCUT2D eigenvalue weighted by molar-refractivity contribution is 14.1. The van der Waals surface area contributed by atoms with Gasteiger partial charge < -0.3 is 5.11 Å². The van der Waals surface area contributed by atoms with Gasteiger partial charge in [-0.15, -0.1) is 0 Å². The number of phenols is 1. The van der Waals surface area contributed by atoms with E-state index in [0.29, 0.717) is 0 Å². The highest BCUT2D eigenvalue weighted by atomic mass is 127. The molecular weight excluding hydrogens is 680 g/mol. The highest BCUT2D eigenvalue weighted by Gasteiger charge is 2.13. The number of aryl methyl sites for hydroxylation is 4. The Morgan fingerprint density at radius 2 is 1.35 bits per heavy atom. The maximum Gasteiger partial charge on any atom is 0.137 e. The second-order valence-electron chi connectivity index (χ2n) is 9.27. The van der Waals surface area contributed by atoms with E-state index in [0.717, 1.165) is 55.2 Å². The number of benzene rings is 4. The molecule has 1 N–H and O–H groups in total. The summed E-state index contributed by atoms with van der Waals surface area (Å²) in [7, 11) is 0. The molecule has 0 amide bonds. The number of rotatable bonds is 8. The lowest BCUT2D eigenvalue weighted by Gasteiger charge is -2.15. The van der Waals surface area contributed by atoms with Crippen molar-refractivity contribution >= 4 is 57.1 Å². The minimum absolute atomic E-state index is 0.277. The van der Waals surface area contributed by atoms with E-state index in [1.807, 2.05) is 18.3 Å². The van der Waals surface area contributed by atoms with E-state index in [1.165, 1.54) is 33.4 Å². The minimum Gasteiger partial charge on any atom is -0.506 e. The third kappa shape index (κ3) is 6.45. The summed E-state index contributed by atoms with van der Waals surface area (Å²) < 4.78 is 1.91. The van der Waals surface area contributed by atoms with Crippen LogP contribution in [0.15, 0.2) is 71.7 Å². The summed E-state index contributed by atoms with van der Waals surface area (Å²) in [4.78, 5) is 5.01.